The second-order valence-electron chi connectivity index (χ2n) is 4.16. The molecule has 0 saturated carbocycles. The molecule has 104 valence electrons. The fourth-order valence-electron chi connectivity index (χ4n) is 1.64. The standard InChI is InChI=1S/C13H15BrClNO3/c1-2-3-8(13(18)19)7-16-12(17)10-6-9(15)4-5-11(10)14/h4-6,8H,2-3,7H2,1H3,(H,16,17)(H,18,19). The molecule has 0 radical (unpaired) electrons. The molecular formula is C13H15BrClNO3. The topological polar surface area (TPSA) is 66.4 Å². The van der Waals surface area contributed by atoms with Crippen molar-refractivity contribution in [3.63, 3.8) is 0 Å². The van der Waals surface area contributed by atoms with Crippen molar-refractivity contribution in [1.29, 1.82) is 0 Å². The fourth-order valence-corrected chi connectivity index (χ4v) is 2.24. The van der Waals surface area contributed by atoms with Gasteiger partial charge in [0.1, 0.15) is 0 Å². The van der Waals surface area contributed by atoms with E-state index in [1.165, 1.54) is 6.07 Å². The van der Waals surface area contributed by atoms with Crippen LogP contribution in [0.3, 0.4) is 0 Å². The van der Waals surface area contributed by atoms with E-state index in [1.807, 2.05) is 6.92 Å². The molecule has 1 atom stereocenters. The van der Waals surface area contributed by atoms with Crippen LogP contribution in [0.4, 0.5) is 0 Å². The molecule has 1 unspecified atom stereocenters. The summed E-state index contributed by atoms with van der Waals surface area (Å²) >= 11 is 9.09. The molecule has 1 amide bonds. The number of halogens is 2. The minimum atomic E-state index is -0.896. The molecule has 0 aliphatic rings. The number of rotatable bonds is 6. The Bertz CT molecular complexity index is 479. The van der Waals surface area contributed by atoms with Crippen molar-refractivity contribution in [3.05, 3.63) is 33.3 Å². The molecule has 19 heavy (non-hydrogen) atoms. The number of hydrogen-bond acceptors (Lipinski definition) is 2. The molecule has 0 bridgehead atoms. The molecule has 0 saturated heterocycles. The predicted octanol–water partition coefficient (Wildman–Crippen LogP) is 3.33. The molecule has 1 aromatic carbocycles. The number of nitrogens with one attached hydrogen (secondary N) is 1. The van der Waals surface area contributed by atoms with Gasteiger partial charge in [0.2, 0.25) is 0 Å². The Balaban J connectivity index is 2.69. The summed E-state index contributed by atoms with van der Waals surface area (Å²) in [6, 6.07) is 4.88. The highest BCUT2D eigenvalue weighted by Crippen LogP contribution is 2.21. The van der Waals surface area contributed by atoms with Crippen molar-refractivity contribution in [2.24, 2.45) is 5.92 Å². The summed E-state index contributed by atoms with van der Waals surface area (Å²) in [4.78, 5) is 22.9. The van der Waals surface area contributed by atoms with Gasteiger partial charge in [0.25, 0.3) is 5.91 Å². The average molecular weight is 349 g/mol. The first-order valence-electron chi connectivity index (χ1n) is 5.91. The van der Waals surface area contributed by atoms with Crippen LogP contribution in [0.25, 0.3) is 0 Å². The zero-order valence-corrected chi connectivity index (χ0v) is 12.8. The number of carbonyl (C=O) groups is 2. The van der Waals surface area contributed by atoms with E-state index < -0.39 is 11.9 Å². The van der Waals surface area contributed by atoms with Crippen LogP contribution in [0.2, 0.25) is 5.02 Å². The van der Waals surface area contributed by atoms with Gasteiger partial charge in [-0.3, -0.25) is 9.59 Å². The third-order valence-corrected chi connectivity index (χ3v) is 3.60. The lowest BCUT2D eigenvalue weighted by atomic mass is 10.0. The minimum Gasteiger partial charge on any atom is -0.481 e. The summed E-state index contributed by atoms with van der Waals surface area (Å²) in [6.07, 6.45) is 1.29. The molecule has 2 N–H and O–H groups in total. The van der Waals surface area contributed by atoms with Gasteiger partial charge in [0.05, 0.1) is 11.5 Å². The molecule has 0 fully saturated rings. The summed E-state index contributed by atoms with van der Waals surface area (Å²) in [6.45, 7) is 2.02. The first-order valence-corrected chi connectivity index (χ1v) is 7.08. The van der Waals surface area contributed by atoms with Crippen molar-refractivity contribution in [1.82, 2.24) is 5.32 Å². The Morgan fingerprint density at radius 3 is 2.74 bits per heavy atom. The van der Waals surface area contributed by atoms with E-state index in [9.17, 15) is 9.59 Å². The lowest BCUT2D eigenvalue weighted by Crippen LogP contribution is -2.33. The number of benzene rings is 1. The summed E-state index contributed by atoms with van der Waals surface area (Å²) in [5.74, 6) is -1.80. The molecule has 4 nitrogen and oxygen atoms in total. The number of amides is 1. The van der Waals surface area contributed by atoms with Crippen LogP contribution in [0.1, 0.15) is 30.1 Å². The summed E-state index contributed by atoms with van der Waals surface area (Å²) in [5.41, 5.74) is 0.396. The van der Waals surface area contributed by atoms with Gasteiger partial charge in [-0.25, -0.2) is 0 Å². The Hall–Kier alpha value is -1.07. The number of carboxylic acid groups (broad SMARTS) is 1. The van der Waals surface area contributed by atoms with Crippen LogP contribution < -0.4 is 5.32 Å². The van der Waals surface area contributed by atoms with Crippen molar-refractivity contribution < 1.29 is 14.7 Å². The average Bonchev–Trinajstić information content (AvgIpc) is 2.36. The van der Waals surface area contributed by atoms with E-state index in [1.54, 1.807) is 12.1 Å². The molecule has 0 aliphatic carbocycles. The van der Waals surface area contributed by atoms with E-state index >= 15 is 0 Å². The van der Waals surface area contributed by atoms with Gasteiger partial charge in [-0.15, -0.1) is 0 Å². The maximum absolute atomic E-state index is 12.0. The van der Waals surface area contributed by atoms with Gasteiger partial charge in [-0.2, -0.15) is 0 Å². The van der Waals surface area contributed by atoms with Crippen LogP contribution in [-0.4, -0.2) is 23.5 Å². The van der Waals surface area contributed by atoms with Gasteiger partial charge in [-0.05, 0) is 40.5 Å². The summed E-state index contributed by atoms with van der Waals surface area (Å²) < 4.78 is 0.622. The quantitative estimate of drug-likeness (QED) is 0.828. The summed E-state index contributed by atoms with van der Waals surface area (Å²) in [7, 11) is 0. The van der Waals surface area contributed by atoms with Gasteiger partial charge in [0.15, 0.2) is 0 Å². The largest absolute Gasteiger partial charge is 0.481 e. The number of hydrogen-bond donors (Lipinski definition) is 2. The van der Waals surface area contributed by atoms with E-state index in [2.05, 4.69) is 21.2 Å². The number of aliphatic carboxylic acids is 1. The zero-order valence-electron chi connectivity index (χ0n) is 10.5. The molecule has 0 aliphatic heterocycles. The van der Waals surface area contributed by atoms with Crippen molar-refractivity contribution in [2.45, 2.75) is 19.8 Å². The third-order valence-electron chi connectivity index (χ3n) is 2.67. The van der Waals surface area contributed by atoms with Crippen LogP contribution in [-0.2, 0) is 4.79 Å². The molecule has 6 heteroatoms. The lowest BCUT2D eigenvalue weighted by molar-refractivity contribution is -0.141. The molecular weight excluding hydrogens is 334 g/mol. The zero-order chi connectivity index (χ0) is 14.4. The van der Waals surface area contributed by atoms with Crippen molar-refractivity contribution >= 4 is 39.4 Å². The molecule has 0 heterocycles. The van der Waals surface area contributed by atoms with E-state index in [4.69, 9.17) is 16.7 Å². The Labute approximate surface area is 125 Å². The second kappa shape index (κ2) is 7.50. The SMILES string of the molecule is CCCC(CNC(=O)c1cc(Cl)ccc1Br)C(=O)O. The van der Waals surface area contributed by atoms with Crippen LogP contribution in [0, 0.1) is 5.92 Å². The highest BCUT2D eigenvalue weighted by atomic mass is 79.9. The van der Waals surface area contributed by atoms with E-state index in [0.717, 1.165) is 6.42 Å². The maximum atomic E-state index is 12.0. The first kappa shape index (κ1) is 16.0. The molecule has 0 aromatic heterocycles. The molecule has 1 aromatic rings. The lowest BCUT2D eigenvalue weighted by Gasteiger charge is -2.13. The second-order valence-corrected chi connectivity index (χ2v) is 5.45. The first-order chi connectivity index (χ1) is 8.95. The smallest absolute Gasteiger partial charge is 0.308 e. The Morgan fingerprint density at radius 2 is 2.16 bits per heavy atom. The molecule has 0 spiro atoms. The number of carboxylic acids is 1. The van der Waals surface area contributed by atoms with Crippen molar-refractivity contribution in [3.8, 4) is 0 Å². The predicted molar refractivity (Wildman–Crippen MR) is 77.5 cm³/mol. The highest BCUT2D eigenvalue weighted by Gasteiger charge is 2.18. The third kappa shape index (κ3) is 4.84. The monoisotopic (exact) mass is 347 g/mol. The van der Waals surface area contributed by atoms with Crippen LogP contribution >= 0.6 is 27.5 Å². The minimum absolute atomic E-state index is 0.112. The Kier molecular flexibility index (Phi) is 6.31. The maximum Gasteiger partial charge on any atom is 0.308 e. The van der Waals surface area contributed by atoms with Gasteiger partial charge >= 0.3 is 5.97 Å². The van der Waals surface area contributed by atoms with E-state index in [-0.39, 0.29) is 12.5 Å². The van der Waals surface area contributed by atoms with Crippen LogP contribution in [0.5, 0.6) is 0 Å². The fraction of sp³-hybridized carbons (Fsp3) is 0.385. The van der Waals surface area contributed by atoms with Crippen molar-refractivity contribution in [2.75, 3.05) is 6.54 Å². The highest BCUT2D eigenvalue weighted by molar-refractivity contribution is 9.10. The van der Waals surface area contributed by atoms with E-state index in [0.29, 0.717) is 21.5 Å². The van der Waals surface area contributed by atoms with Gasteiger partial charge in [-0.1, -0.05) is 24.9 Å². The van der Waals surface area contributed by atoms with Gasteiger partial charge < -0.3 is 10.4 Å². The molecule has 1 rings (SSSR count). The van der Waals surface area contributed by atoms with Crippen LogP contribution in [0.15, 0.2) is 22.7 Å². The van der Waals surface area contributed by atoms with Gasteiger partial charge in [0, 0.05) is 16.0 Å². The Morgan fingerprint density at radius 1 is 1.47 bits per heavy atom. The summed E-state index contributed by atoms with van der Waals surface area (Å²) in [5, 5.41) is 12.1. The number of carbonyl (C=O) groups excluding carboxylic acids is 1. The normalized spacial score (nSPS) is 11.9.